The summed E-state index contributed by atoms with van der Waals surface area (Å²) in [5.74, 6) is -0.0662. The third-order valence-electron chi connectivity index (χ3n) is 2.25. The molecular weight excluding hydrogens is 198 g/mol. The molecule has 15 heavy (non-hydrogen) atoms. The normalized spacial score (nSPS) is 26.7. The highest BCUT2D eigenvalue weighted by Gasteiger charge is 2.18. The zero-order valence-corrected chi connectivity index (χ0v) is 8.22. The van der Waals surface area contributed by atoms with Crippen LogP contribution in [0.15, 0.2) is 35.8 Å². The zero-order chi connectivity index (χ0) is 11.4. The van der Waals surface area contributed by atoms with Crippen LogP contribution in [0.25, 0.3) is 0 Å². The van der Waals surface area contributed by atoms with Gasteiger partial charge in [0, 0.05) is 6.08 Å². The predicted octanol–water partition coefficient (Wildman–Crippen LogP) is 1.69. The number of aliphatic hydroxyl groups excluding tert-OH is 2. The Hall–Kier alpha value is -1.62. The second-order valence-corrected chi connectivity index (χ2v) is 3.47. The molecule has 0 aromatic heterocycles. The van der Waals surface area contributed by atoms with Crippen molar-refractivity contribution < 1.29 is 15.1 Å². The number of hydrogen-bond donors (Lipinski definition) is 2. The molecule has 1 atom stereocenters. The van der Waals surface area contributed by atoms with Crippen molar-refractivity contribution >= 4 is 0 Å². The van der Waals surface area contributed by atoms with Crippen LogP contribution < -0.4 is 0 Å². The molecule has 0 saturated heterocycles. The van der Waals surface area contributed by atoms with Crippen molar-refractivity contribution in [1.29, 1.82) is 0 Å². The first kappa shape index (κ1) is 11.5. The third-order valence-corrected chi connectivity index (χ3v) is 2.25. The van der Waals surface area contributed by atoms with E-state index >= 15 is 0 Å². The molecule has 0 aromatic carbocycles. The molecular formula is C10H13NO4. The molecule has 0 fully saturated rings. The summed E-state index contributed by atoms with van der Waals surface area (Å²) < 4.78 is 0. The summed E-state index contributed by atoms with van der Waals surface area (Å²) in [6.07, 6.45) is 2.47. The highest BCUT2D eigenvalue weighted by molar-refractivity contribution is 5.27. The zero-order valence-electron chi connectivity index (χ0n) is 8.22. The van der Waals surface area contributed by atoms with Crippen LogP contribution in [0.4, 0.5) is 0 Å². The molecule has 1 aliphatic rings. The minimum atomic E-state index is -0.766. The molecule has 0 spiro atoms. The van der Waals surface area contributed by atoms with E-state index in [-0.39, 0.29) is 17.9 Å². The van der Waals surface area contributed by atoms with Crippen LogP contribution >= 0.6 is 0 Å². The van der Waals surface area contributed by atoms with Gasteiger partial charge in [0.1, 0.15) is 5.76 Å². The van der Waals surface area contributed by atoms with E-state index in [2.05, 4.69) is 6.58 Å². The Morgan fingerprint density at radius 3 is 2.80 bits per heavy atom. The first-order valence-corrected chi connectivity index (χ1v) is 4.61. The topological polar surface area (TPSA) is 83.6 Å². The maximum absolute atomic E-state index is 10.6. The van der Waals surface area contributed by atoms with Gasteiger partial charge in [-0.25, -0.2) is 0 Å². The molecule has 82 valence electrons. The predicted molar refractivity (Wildman–Crippen MR) is 54.8 cm³/mol. The van der Waals surface area contributed by atoms with Gasteiger partial charge in [-0.15, -0.1) is 0 Å². The van der Waals surface area contributed by atoms with Crippen molar-refractivity contribution in [3.63, 3.8) is 0 Å². The van der Waals surface area contributed by atoms with E-state index < -0.39 is 11.0 Å². The SMILES string of the molecule is C=C1CCC(O)C/C([N+](=O)[O-])=C\C=C1O. The van der Waals surface area contributed by atoms with Crippen molar-refractivity contribution in [3.05, 3.63) is 45.9 Å². The summed E-state index contributed by atoms with van der Waals surface area (Å²) in [5, 5.41) is 29.4. The molecule has 0 radical (unpaired) electrons. The smallest absolute Gasteiger partial charge is 0.248 e. The Morgan fingerprint density at radius 2 is 2.20 bits per heavy atom. The van der Waals surface area contributed by atoms with Crippen LogP contribution in [-0.2, 0) is 0 Å². The van der Waals surface area contributed by atoms with Crippen LogP contribution in [0.3, 0.4) is 0 Å². The number of rotatable bonds is 1. The summed E-state index contributed by atoms with van der Waals surface area (Å²) in [7, 11) is 0. The Bertz CT molecular complexity index is 343. The number of allylic oxidation sites excluding steroid dienone is 3. The Balaban J connectivity index is 2.95. The lowest BCUT2D eigenvalue weighted by atomic mass is 10.1. The molecule has 0 bridgehead atoms. The fourth-order valence-corrected chi connectivity index (χ4v) is 1.31. The maximum atomic E-state index is 10.6. The summed E-state index contributed by atoms with van der Waals surface area (Å²) in [6, 6.07) is 0. The summed E-state index contributed by atoms with van der Waals surface area (Å²) in [4.78, 5) is 10.0. The molecule has 0 aliphatic heterocycles. The van der Waals surface area contributed by atoms with Gasteiger partial charge in [0.05, 0.1) is 17.4 Å². The van der Waals surface area contributed by atoms with E-state index in [1.807, 2.05) is 0 Å². The van der Waals surface area contributed by atoms with Crippen LogP contribution in [0.2, 0.25) is 0 Å². The van der Waals surface area contributed by atoms with Gasteiger partial charge in [-0.1, -0.05) is 6.58 Å². The molecule has 0 saturated carbocycles. The van der Waals surface area contributed by atoms with Crippen molar-refractivity contribution in [2.75, 3.05) is 0 Å². The summed E-state index contributed by atoms with van der Waals surface area (Å²) in [5.41, 5.74) is 0.374. The quantitative estimate of drug-likeness (QED) is 0.510. The van der Waals surface area contributed by atoms with Crippen molar-refractivity contribution in [2.24, 2.45) is 0 Å². The first-order chi connectivity index (χ1) is 7.00. The average molecular weight is 211 g/mol. The largest absolute Gasteiger partial charge is 0.508 e. The van der Waals surface area contributed by atoms with Crippen LogP contribution in [-0.4, -0.2) is 21.2 Å². The number of nitrogens with zero attached hydrogens (tertiary/aromatic N) is 1. The molecule has 5 heteroatoms. The van der Waals surface area contributed by atoms with Gasteiger partial charge in [-0.2, -0.15) is 0 Å². The minimum Gasteiger partial charge on any atom is -0.508 e. The monoisotopic (exact) mass is 211 g/mol. The standard InChI is InChI=1S/C10H13NO4/c1-7-2-4-9(12)6-8(11(14)15)3-5-10(7)13/h3,5,9,12-13H,1-2,4,6H2/b8-3+,10-5?. The van der Waals surface area contributed by atoms with Crippen LogP contribution in [0, 0.1) is 10.1 Å². The maximum Gasteiger partial charge on any atom is 0.248 e. The third kappa shape index (κ3) is 3.21. The van der Waals surface area contributed by atoms with Crippen LogP contribution in [0.1, 0.15) is 19.3 Å². The molecule has 1 aliphatic carbocycles. The summed E-state index contributed by atoms with van der Waals surface area (Å²) >= 11 is 0. The van der Waals surface area contributed by atoms with E-state index in [0.29, 0.717) is 18.4 Å². The van der Waals surface area contributed by atoms with Crippen LogP contribution in [0.5, 0.6) is 0 Å². The summed E-state index contributed by atoms with van der Waals surface area (Å²) in [6.45, 7) is 3.61. The minimum absolute atomic E-state index is 0.00986. The fraction of sp³-hybridized carbons (Fsp3) is 0.400. The highest BCUT2D eigenvalue weighted by Crippen LogP contribution is 2.19. The van der Waals surface area contributed by atoms with Gasteiger partial charge < -0.3 is 10.2 Å². The number of hydrogen-bond acceptors (Lipinski definition) is 4. The van der Waals surface area contributed by atoms with Gasteiger partial charge in [-0.3, -0.25) is 10.1 Å². The molecule has 5 nitrogen and oxygen atoms in total. The molecule has 0 heterocycles. The molecule has 0 amide bonds. The number of aliphatic hydroxyl groups is 2. The van der Waals surface area contributed by atoms with E-state index in [1.54, 1.807) is 0 Å². The lowest BCUT2D eigenvalue weighted by Crippen LogP contribution is -2.11. The first-order valence-electron chi connectivity index (χ1n) is 4.61. The lowest BCUT2D eigenvalue weighted by molar-refractivity contribution is -0.429. The molecule has 1 rings (SSSR count). The van der Waals surface area contributed by atoms with Gasteiger partial charge in [0.25, 0.3) is 0 Å². The molecule has 0 aromatic rings. The van der Waals surface area contributed by atoms with Gasteiger partial charge in [-0.05, 0) is 24.5 Å². The van der Waals surface area contributed by atoms with Crippen molar-refractivity contribution in [3.8, 4) is 0 Å². The highest BCUT2D eigenvalue weighted by atomic mass is 16.6. The second kappa shape index (κ2) is 4.75. The molecule has 2 N–H and O–H groups in total. The van der Waals surface area contributed by atoms with E-state index in [4.69, 9.17) is 0 Å². The van der Waals surface area contributed by atoms with E-state index in [1.165, 1.54) is 12.2 Å². The number of nitro groups is 1. The molecule has 1 unspecified atom stereocenters. The second-order valence-electron chi connectivity index (χ2n) is 3.47. The van der Waals surface area contributed by atoms with Gasteiger partial charge in [0.2, 0.25) is 5.70 Å². The lowest BCUT2D eigenvalue weighted by Gasteiger charge is -2.08. The van der Waals surface area contributed by atoms with E-state index in [9.17, 15) is 20.3 Å². The van der Waals surface area contributed by atoms with E-state index in [0.717, 1.165) is 0 Å². The van der Waals surface area contributed by atoms with Crippen molar-refractivity contribution in [1.82, 2.24) is 0 Å². The Kier molecular flexibility index (Phi) is 3.62. The average Bonchev–Trinajstić information content (AvgIpc) is 2.23. The van der Waals surface area contributed by atoms with Gasteiger partial charge >= 0.3 is 0 Å². The Labute approximate surface area is 87.2 Å². The Morgan fingerprint density at radius 1 is 1.53 bits per heavy atom. The fourth-order valence-electron chi connectivity index (χ4n) is 1.31. The van der Waals surface area contributed by atoms with Gasteiger partial charge in [0.15, 0.2) is 0 Å². The van der Waals surface area contributed by atoms with Crippen molar-refractivity contribution in [2.45, 2.75) is 25.4 Å².